The summed E-state index contributed by atoms with van der Waals surface area (Å²) in [5.41, 5.74) is 4.30. The number of imidazole rings is 1. The van der Waals surface area contributed by atoms with Gasteiger partial charge in [-0.1, -0.05) is 27.2 Å². The van der Waals surface area contributed by atoms with E-state index in [4.69, 9.17) is 4.98 Å². The van der Waals surface area contributed by atoms with Crippen molar-refractivity contribution < 1.29 is 4.79 Å². The number of hydrogen-bond acceptors (Lipinski definition) is 10. The van der Waals surface area contributed by atoms with E-state index in [-0.39, 0.29) is 12.5 Å². The minimum absolute atomic E-state index is 0.0875. The standard InChI is InChI=1S/C26H32N10OS2/c1-5-17(3)12-34(6-2)15-20-9-23(39-33-20)32-24-25-28-11-21(36(25)13-18(4)30-24)19-10-29-35(14-19)16-22(37)31-26-27-7-8-38-26/h7-11,13-14,17H,5-6,12,15-16H2,1-4H3,(H,30,32)(H,27,31,37). The molecule has 0 saturated heterocycles. The summed E-state index contributed by atoms with van der Waals surface area (Å²) in [4.78, 5) is 28.2. The van der Waals surface area contributed by atoms with Gasteiger partial charge in [0.1, 0.15) is 11.5 Å². The van der Waals surface area contributed by atoms with Crippen molar-refractivity contribution >= 4 is 50.4 Å². The van der Waals surface area contributed by atoms with Gasteiger partial charge in [-0.3, -0.25) is 18.8 Å². The van der Waals surface area contributed by atoms with Crippen LogP contribution in [0.2, 0.25) is 0 Å². The van der Waals surface area contributed by atoms with E-state index in [1.165, 1.54) is 29.3 Å². The molecule has 39 heavy (non-hydrogen) atoms. The zero-order valence-electron chi connectivity index (χ0n) is 22.5. The second-order valence-electron chi connectivity index (χ2n) is 9.53. The summed E-state index contributed by atoms with van der Waals surface area (Å²) in [5.74, 6) is 1.14. The first kappa shape index (κ1) is 26.9. The Morgan fingerprint density at radius 3 is 2.85 bits per heavy atom. The Morgan fingerprint density at radius 2 is 2.08 bits per heavy atom. The predicted molar refractivity (Wildman–Crippen MR) is 155 cm³/mol. The maximum absolute atomic E-state index is 12.3. The number of rotatable bonds is 12. The molecule has 0 bridgehead atoms. The first-order valence-electron chi connectivity index (χ1n) is 12.9. The van der Waals surface area contributed by atoms with E-state index >= 15 is 0 Å². The number of fused-ring (bicyclic) bond motifs is 1. The highest BCUT2D eigenvalue weighted by molar-refractivity contribution is 7.13. The molecular formula is C26H32N10OS2. The van der Waals surface area contributed by atoms with E-state index in [0.717, 1.165) is 47.3 Å². The number of anilines is 3. The van der Waals surface area contributed by atoms with Gasteiger partial charge < -0.3 is 10.6 Å². The number of nitrogens with one attached hydrogen (secondary N) is 2. The molecule has 11 nitrogen and oxygen atoms in total. The zero-order valence-corrected chi connectivity index (χ0v) is 24.1. The van der Waals surface area contributed by atoms with Gasteiger partial charge in [-0.25, -0.2) is 15.0 Å². The molecule has 1 amide bonds. The molecule has 2 N–H and O–H groups in total. The molecule has 0 aliphatic rings. The Hall–Kier alpha value is -3.68. The molecule has 0 aliphatic carbocycles. The average Bonchev–Trinajstić information content (AvgIpc) is 3.72. The minimum Gasteiger partial charge on any atom is -0.328 e. The molecular weight excluding hydrogens is 532 g/mol. The number of aryl methyl sites for hydroxylation is 1. The van der Waals surface area contributed by atoms with E-state index < -0.39 is 0 Å². The van der Waals surface area contributed by atoms with Crippen LogP contribution < -0.4 is 10.6 Å². The van der Waals surface area contributed by atoms with Gasteiger partial charge >= 0.3 is 0 Å². The number of amides is 1. The van der Waals surface area contributed by atoms with Gasteiger partial charge in [-0.2, -0.15) is 9.47 Å². The largest absolute Gasteiger partial charge is 0.328 e. The van der Waals surface area contributed by atoms with Gasteiger partial charge in [0.15, 0.2) is 16.6 Å². The summed E-state index contributed by atoms with van der Waals surface area (Å²) in [5, 5.41) is 13.9. The fourth-order valence-corrected chi connectivity index (χ4v) is 5.45. The lowest BCUT2D eigenvalue weighted by atomic mass is 10.1. The van der Waals surface area contributed by atoms with Crippen LogP contribution in [0.5, 0.6) is 0 Å². The van der Waals surface area contributed by atoms with Crippen molar-refractivity contribution in [3.63, 3.8) is 0 Å². The number of thiazole rings is 1. The van der Waals surface area contributed by atoms with Crippen molar-refractivity contribution in [2.75, 3.05) is 23.7 Å². The maximum atomic E-state index is 12.3. The summed E-state index contributed by atoms with van der Waals surface area (Å²) in [6.45, 7) is 11.6. The van der Waals surface area contributed by atoms with Crippen molar-refractivity contribution in [3.05, 3.63) is 53.8 Å². The fraction of sp³-hybridized carbons (Fsp3) is 0.385. The Bertz CT molecular complexity index is 1540. The lowest BCUT2D eigenvalue weighted by molar-refractivity contribution is -0.116. The van der Waals surface area contributed by atoms with E-state index in [2.05, 4.69) is 61.8 Å². The van der Waals surface area contributed by atoms with E-state index in [1.54, 1.807) is 23.3 Å². The second kappa shape index (κ2) is 12.0. The Kier molecular flexibility index (Phi) is 8.29. The first-order valence-corrected chi connectivity index (χ1v) is 14.6. The van der Waals surface area contributed by atoms with Gasteiger partial charge in [0, 0.05) is 42.6 Å². The molecule has 5 rings (SSSR count). The zero-order chi connectivity index (χ0) is 27.4. The van der Waals surface area contributed by atoms with Crippen LogP contribution in [0.15, 0.2) is 42.4 Å². The summed E-state index contributed by atoms with van der Waals surface area (Å²) >= 11 is 2.80. The molecule has 5 heterocycles. The van der Waals surface area contributed by atoms with Gasteiger partial charge in [0.05, 0.1) is 29.5 Å². The molecule has 5 aromatic heterocycles. The third kappa shape index (κ3) is 6.49. The van der Waals surface area contributed by atoms with Crippen LogP contribution in [0.3, 0.4) is 0 Å². The average molecular weight is 565 g/mol. The van der Waals surface area contributed by atoms with Gasteiger partial charge in [-0.05, 0) is 37.0 Å². The molecule has 0 fully saturated rings. The predicted octanol–water partition coefficient (Wildman–Crippen LogP) is 5.06. The number of aromatic nitrogens is 7. The maximum Gasteiger partial charge on any atom is 0.247 e. The number of carbonyl (C=O) groups is 1. The van der Waals surface area contributed by atoms with Crippen molar-refractivity contribution in [1.82, 2.24) is 38.4 Å². The Balaban J connectivity index is 1.31. The van der Waals surface area contributed by atoms with Crippen molar-refractivity contribution in [1.29, 1.82) is 0 Å². The summed E-state index contributed by atoms with van der Waals surface area (Å²) in [6.07, 6.45) is 10.1. The van der Waals surface area contributed by atoms with Gasteiger partial charge in [-0.15, -0.1) is 11.3 Å². The molecule has 1 atom stereocenters. The molecule has 0 spiro atoms. The van der Waals surface area contributed by atoms with Gasteiger partial charge in [0.25, 0.3) is 0 Å². The van der Waals surface area contributed by atoms with E-state index in [0.29, 0.717) is 22.5 Å². The molecule has 13 heteroatoms. The third-order valence-corrected chi connectivity index (χ3v) is 7.86. The summed E-state index contributed by atoms with van der Waals surface area (Å²) in [6, 6.07) is 2.09. The van der Waals surface area contributed by atoms with Crippen LogP contribution in [0, 0.1) is 12.8 Å². The molecule has 0 radical (unpaired) electrons. The summed E-state index contributed by atoms with van der Waals surface area (Å²) < 4.78 is 8.27. The summed E-state index contributed by atoms with van der Waals surface area (Å²) in [7, 11) is 0. The lowest BCUT2D eigenvalue weighted by Crippen LogP contribution is -2.27. The highest BCUT2D eigenvalue weighted by atomic mass is 32.1. The topological polar surface area (TPSA) is 118 Å². The third-order valence-electron chi connectivity index (χ3n) is 6.43. The van der Waals surface area contributed by atoms with E-state index in [1.807, 2.05) is 29.1 Å². The highest BCUT2D eigenvalue weighted by Crippen LogP contribution is 2.28. The number of nitrogens with zero attached hydrogens (tertiary/aromatic N) is 8. The van der Waals surface area contributed by atoms with Crippen LogP contribution in [0.4, 0.5) is 16.0 Å². The smallest absolute Gasteiger partial charge is 0.247 e. The van der Waals surface area contributed by atoms with Crippen LogP contribution in [-0.2, 0) is 17.9 Å². The number of hydrogen-bond donors (Lipinski definition) is 2. The van der Waals surface area contributed by atoms with Crippen molar-refractivity contribution in [3.8, 4) is 11.3 Å². The van der Waals surface area contributed by atoms with Gasteiger partial charge in [0.2, 0.25) is 5.91 Å². The van der Waals surface area contributed by atoms with Crippen LogP contribution in [-0.4, -0.2) is 57.4 Å². The second-order valence-corrected chi connectivity index (χ2v) is 11.2. The molecule has 1 unspecified atom stereocenters. The van der Waals surface area contributed by atoms with Crippen LogP contribution in [0.25, 0.3) is 16.9 Å². The molecule has 0 saturated carbocycles. The van der Waals surface area contributed by atoms with Crippen molar-refractivity contribution in [2.45, 2.75) is 47.2 Å². The number of carbonyl (C=O) groups excluding carboxylic acids is 1. The minimum atomic E-state index is -0.185. The normalized spacial score (nSPS) is 12.3. The Labute approximate surface area is 235 Å². The molecule has 204 valence electrons. The molecule has 5 aromatic rings. The molecule has 0 aliphatic heterocycles. The quantitative estimate of drug-likeness (QED) is 0.216. The first-order chi connectivity index (χ1) is 18.9. The molecule has 0 aromatic carbocycles. The van der Waals surface area contributed by atoms with Crippen LogP contribution in [0.1, 0.15) is 38.6 Å². The highest BCUT2D eigenvalue weighted by Gasteiger charge is 2.16. The SMILES string of the molecule is CCC(C)CN(CC)Cc1cc(Nc2nc(C)cn3c(-c4cnn(CC(=O)Nc5nccs5)c4)cnc23)sn1. The lowest BCUT2D eigenvalue weighted by Gasteiger charge is -2.22. The van der Waals surface area contributed by atoms with Crippen molar-refractivity contribution in [2.24, 2.45) is 5.92 Å². The fourth-order valence-electron chi connectivity index (χ4n) is 4.25. The van der Waals surface area contributed by atoms with Crippen LogP contribution >= 0.6 is 22.9 Å². The van der Waals surface area contributed by atoms with E-state index in [9.17, 15) is 4.79 Å². The Morgan fingerprint density at radius 1 is 1.21 bits per heavy atom. The monoisotopic (exact) mass is 564 g/mol.